The van der Waals surface area contributed by atoms with E-state index in [1.165, 1.54) is 11.3 Å². The van der Waals surface area contributed by atoms with Gasteiger partial charge in [-0.15, -0.1) is 11.3 Å². The van der Waals surface area contributed by atoms with E-state index in [1.807, 2.05) is 0 Å². The molecule has 24 heavy (non-hydrogen) atoms. The van der Waals surface area contributed by atoms with E-state index in [-0.39, 0.29) is 0 Å². The van der Waals surface area contributed by atoms with Crippen molar-refractivity contribution < 1.29 is 14.7 Å². The molecule has 1 aromatic heterocycles. The summed E-state index contributed by atoms with van der Waals surface area (Å²) in [5.74, 6) is -4.59. The van der Waals surface area contributed by atoms with Gasteiger partial charge in [-0.25, -0.2) is 0 Å². The van der Waals surface area contributed by atoms with Crippen LogP contribution in [0.5, 0.6) is 0 Å². The van der Waals surface area contributed by atoms with Crippen LogP contribution in [0.2, 0.25) is 0 Å². The van der Waals surface area contributed by atoms with Crippen LogP contribution in [-0.2, 0) is 15.3 Å². The van der Waals surface area contributed by atoms with Crippen LogP contribution in [0.15, 0.2) is 47.8 Å². The van der Waals surface area contributed by atoms with Gasteiger partial charge in [0.15, 0.2) is 5.72 Å². The molecule has 0 unspecified atom stereocenters. The minimum absolute atomic E-state index is 0.384. The molecule has 2 heterocycles. The molecule has 0 bridgehead atoms. The van der Waals surface area contributed by atoms with Gasteiger partial charge in [0.2, 0.25) is 11.8 Å². The highest BCUT2D eigenvalue weighted by Gasteiger charge is 2.56. The zero-order valence-electron chi connectivity index (χ0n) is 12.5. The van der Waals surface area contributed by atoms with E-state index in [2.05, 4.69) is 11.4 Å². The standard InChI is InChI=1S/C17H15N3O3S/c18-9-11-13(12-7-4-8-24-12)14(15(19)21)16(22)20-17(11,23)10-5-2-1-3-6-10/h1-8,11,13-14,23H,(H2,19,21)(H,20,22)/t11-,13+,14-,17+/m0/s1. The maximum Gasteiger partial charge on any atom is 0.235 e. The number of carbonyl (C=O) groups is 2. The smallest absolute Gasteiger partial charge is 0.235 e. The summed E-state index contributed by atoms with van der Waals surface area (Å²) in [5, 5.41) is 25.1. The molecule has 4 atom stereocenters. The number of carbonyl (C=O) groups excluding carboxylic acids is 2. The van der Waals surface area contributed by atoms with Gasteiger partial charge in [-0.2, -0.15) is 5.26 Å². The third-order valence-corrected chi connectivity index (χ3v) is 5.27. The van der Waals surface area contributed by atoms with E-state index in [9.17, 15) is 20.0 Å². The number of nitrogens with zero attached hydrogens (tertiary/aromatic N) is 1. The first-order chi connectivity index (χ1) is 11.5. The number of nitrogens with one attached hydrogen (secondary N) is 1. The number of nitriles is 1. The number of aliphatic hydroxyl groups is 1. The number of benzene rings is 1. The Labute approximate surface area is 142 Å². The zero-order chi connectivity index (χ0) is 17.3. The minimum atomic E-state index is -1.90. The Morgan fingerprint density at radius 2 is 2.00 bits per heavy atom. The lowest BCUT2D eigenvalue weighted by atomic mass is 9.69. The molecule has 4 N–H and O–H groups in total. The van der Waals surface area contributed by atoms with Gasteiger partial charge in [-0.3, -0.25) is 9.59 Å². The quantitative estimate of drug-likeness (QED) is 0.723. The molecule has 6 nitrogen and oxygen atoms in total. The summed E-state index contributed by atoms with van der Waals surface area (Å²) in [7, 11) is 0. The monoisotopic (exact) mass is 341 g/mol. The van der Waals surface area contributed by atoms with E-state index in [1.54, 1.807) is 47.8 Å². The molecule has 1 fully saturated rings. The maximum absolute atomic E-state index is 12.5. The summed E-state index contributed by atoms with van der Waals surface area (Å²) in [6.07, 6.45) is 0. The lowest BCUT2D eigenvalue weighted by molar-refractivity contribution is -0.153. The van der Waals surface area contributed by atoms with Gasteiger partial charge in [0.1, 0.15) is 11.8 Å². The van der Waals surface area contributed by atoms with Crippen molar-refractivity contribution in [2.45, 2.75) is 11.6 Å². The molecule has 7 heteroatoms. The van der Waals surface area contributed by atoms with Crippen molar-refractivity contribution in [1.29, 1.82) is 5.26 Å². The van der Waals surface area contributed by atoms with E-state index in [4.69, 9.17) is 5.73 Å². The third-order valence-electron chi connectivity index (χ3n) is 4.30. The van der Waals surface area contributed by atoms with Crippen LogP contribution in [-0.4, -0.2) is 16.9 Å². The maximum atomic E-state index is 12.5. The van der Waals surface area contributed by atoms with Crippen molar-refractivity contribution in [3.63, 3.8) is 0 Å². The lowest BCUT2D eigenvalue weighted by Crippen LogP contribution is -2.62. The second kappa shape index (κ2) is 6.07. The fourth-order valence-corrected chi connectivity index (χ4v) is 4.09. The van der Waals surface area contributed by atoms with Crippen molar-refractivity contribution in [2.24, 2.45) is 17.6 Å². The molecule has 0 spiro atoms. The van der Waals surface area contributed by atoms with Crippen LogP contribution < -0.4 is 11.1 Å². The molecule has 0 saturated carbocycles. The Balaban J connectivity index is 2.17. The largest absolute Gasteiger partial charge is 0.369 e. The molecule has 0 radical (unpaired) electrons. The fourth-order valence-electron chi connectivity index (χ4n) is 3.19. The zero-order valence-corrected chi connectivity index (χ0v) is 13.4. The average Bonchev–Trinajstić information content (AvgIpc) is 3.08. The van der Waals surface area contributed by atoms with E-state index < -0.39 is 35.3 Å². The first kappa shape index (κ1) is 16.2. The van der Waals surface area contributed by atoms with Gasteiger partial charge in [-0.05, 0) is 11.4 Å². The van der Waals surface area contributed by atoms with Gasteiger partial charge in [0.25, 0.3) is 0 Å². The third kappa shape index (κ3) is 2.46. The molecule has 2 aromatic rings. The summed E-state index contributed by atoms with van der Waals surface area (Å²) >= 11 is 1.32. The van der Waals surface area contributed by atoms with Crippen LogP contribution in [0, 0.1) is 23.2 Å². The van der Waals surface area contributed by atoms with Crippen LogP contribution in [0.3, 0.4) is 0 Å². The Hall–Kier alpha value is -2.69. The normalized spacial score (nSPS) is 29.5. The van der Waals surface area contributed by atoms with Crippen LogP contribution >= 0.6 is 11.3 Å². The molecule has 0 aliphatic carbocycles. The number of primary amides is 1. The van der Waals surface area contributed by atoms with Crippen molar-refractivity contribution in [1.82, 2.24) is 5.32 Å². The van der Waals surface area contributed by atoms with Gasteiger partial charge < -0.3 is 16.2 Å². The number of thiophene rings is 1. The van der Waals surface area contributed by atoms with Crippen molar-refractivity contribution in [2.75, 3.05) is 0 Å². The second-order valence-electron chi connectivity index (χ2n) is 5.65. The van der Waals surface area contributed by atoms with Gasteiger partial charge >= 0.3 is 0 Å². The number of amides is 2. The first-order valence-corrected chi connectivity index (χ1v) is 8.19. The molecule has 1 saturated heterocycles. The van der Waals surface area contributed by atoms with E-state index in [0.29, 0.717) is 10.4 Å². The topological polar surface area (TPSA) is 116 Å². The van der Waals surface area contributed by atoms with Gasteiger partial charge in [0.05, 0.1) is 6.07 Å². The van der Waals surface area contributed by atoms with Crippen molar-refractivity contribution in [3.05, 3.63) is 58.3 Å². The number of rotatable bonds is 3. The molecule has 2 amide bonds. The number of nitrogens with two attached hydrogens (primary N) is 1. The van der Waals surface area contributed by atoms with Crippen LogP contribution in [0.25, 0.3) is 0 Å². The summed E-state index contributed by atoms with van der Waals surface area (Å²) < 4.78 is 0. The minimum Gasteiger partial charge on any atom is -0.369 e. The van der Waals surface area contributed by atoms with E-state index in [0.717, 1.165) is 0 Å². The van der Waals surface area contributed by atoms with Gasteiger partial charge in [-0.1, -0.05) is 36.4 Å². The summed E-state index contributed by atoms with van der Waals surface area (Å²) in [4.78, 5) is 25.0. The summed E-state index contributed by atoms with van der Waals surface area (Å²) in [5.41, 5.74) is 3.90. The van der Waals surface area contributed by atoms with Gasteiger partial charge in [0, 0.05) is 16.4 Å². The highest BCUT2D eigenvalue weighted by Crippen LogP contribution is 2.46. The molecule has 1 aliphatic rings. The molecule has 1 aliphatic heterocycles. The summed E-state index contributed by atoms with van der Waals surface area (Å²) in [6, 6.07) is 14.0. The summed E-state index contributed by atoms with van der Waals surface area (Å²) in [6.45, 7) is 0. The van der Waals surface area contributed by atoms with Crippen LogP contribution in [0.1, 0.15) is 16.4 Å². The first-order valence-electron chi connectivity index (χ1n) is 7.31. The average molecular weight is 341 g/mol. The number of hydrogen-bond acceptors (Lipinski definition) is 5. The number of piperidine rings is 1. The molecular formula is C17H15N3O3S. The predicted molar refractivity (Wildman–Crippen MR) is 87.3 cm³/mol. The highest BCUT2D eigenvalue weighted by molar-refractivity contribution is 7.10. The number of hydrogen-bond donors (Lipinski definition) is 3. The lowest BCUT2D eigenvalue weighted by Gasteiger charge is -2.44. The van der Waals surface area contributed by atoms with Crippen molar-refractivity contribution in [3.8, 4) is 6.07 Å². The fraction of sp³-hybridized carbons (Fsp3) is 0.235. The predicted octanol–water partition coefficient (Wildman–Crippen LogP) is 1.05. The SMILES string of the molecule is N#C[C@H]1[C@H](c2cccs2)[C@@H](C(N)=O)C(=O)N[C@@]1(O)c1ccccc1. The highest BCUT2D eigenvalue weighted by atomic mass is 32.1. The van der Waals surface area contributed by atoms with E-state index >= 15 is 0 Å². The van der Waals surface area contributed by atoms with Crippen LogP contribution in [0.4, 0.5) is 0 Å². The van der Waals surface area contributed by atoms with Crippen molar-refractivity contribution >= 4 is 23.2 Å². The molecule has 3 rings (SSSR count). The Kier molecular flexibility index (Phi) is 4.09. The molecule has 122 valence electrons. The Morgan fingerprint density at radius 1 is 1.29 bits per heavy atom. The Morgan fingerprint density at radius 3 is 2.54 bits per heavy atom. The molecule has 1 aromatic carbocycles. The molecular weight excluding hydrogens is 326 g/mol. The Bertz CT molecular complexity index is 800. The second-order valence-corrected chi connectivity index (χ2v) is 6.63.